The summed E-state index contributed by atoms with van der Waals surface area (Å²) in [5, 5.41) is 3.13. The van der Waals surface area contributed by atoms with Gasteiger partial charge in [-0.2, -0.15) is 0 Å². The molecular weight excluding hydrogens is 402 g/mol. The molecule has 0 aromatic heterocycles. The Morgan fingerprint density at radius 3 is 2.34 bits per heavy atom. The molecule has 1 aromatic carbocycles. The molecule has 176 valence electrons. The molecule has 0 radical (unpaired) electrons. The van der Waals surface area contributed by atoms with Crippen molar-refractivity contribution in [2.45, 2.75) is 76.3 Å². The monoisotopic (exact) mass is 441 g/mol. The molecule has 0 atom stereocenters. The van der Waals surface area contributed by atoms with Crippen LogP contribution in [0, 0.1) is 5.92 Å². The number of benzene rings is 1. The highest BCUT2D eigenvalue weighted by Gasteiger charge is 2.28. The third-order valence-electron chi connectivity index (χ3n) is 7.50. The number of carbonyl (C=O) groups excluding carboxylic acids is 2. The molecular formula is C25H39N5O2. The molecule has 3 fully saturated rings. The third-order valence-corrected chi connectivity index (χ3v) is 7.50. The summed E-state index contributed by atoms with van der Waals surface area (Å²) in [6.07, 6.45) is 10.4. The summed E-state index contributed by atoms with van der Waals surface area (Å²) in [7, 11) is 0. The van der Waals surface area contributed by atoms with Crippen molar-refractivity contribution >= 4 is 23.2 Å². The van der Waals surface area contributed by atoms with Gasteiger partial charge in [0.1, 0.15) is 0 Å². The highest BCUT2D eigenvalue weighted by molar-refractivity contribution is 5.96. The van der Waals surface area contributed by atoms with Crippen LogP contribution in [0.3, 0.4) is 0 Å². The third kappa shape index (κ3) is 5.55. The van der Waals surface area contributed by atoms with E-state index in [0.29, 0.717) is 17.2 Å². The lowest BCUT2D eigenvalue weighted by atomic mass is 9.88. The Morgan fingerprint density at radius 1 is 0.875 bits per heavy atom. The number of rotatable bonds is 4. The minimum atomic E-state index is -0.0659. The van der Waals surface area contributed by atoms with Gasteiger partial charge in [-0.25, -0.2) is 0 Å². The van der Waals surface area contributed by atoms with Gasteiger partial charge in [0.05, 0.1) is 11.4 Å². The molecule has 5 N–H and O–H groups in total. The van der Waals surface area contributed by atoms with Crippen LogP contribution in [0.2, 0.25) is 0 Å². The summed E-state index contributed by atoms with van der Waals surface area (Å²) < 4.78 is 0. The molecule has 7 heteroatoms. The first kappa shape index (κ1) is 22.9. The van der Waals surface area contributed by atoms with Gasteiger partial charge in [-0.05, 0) is 63.1 Å². The molecule has 1 aliphatic heterocycles. The predicted molar refractivity (Wildman–Crippen MR) is 129 cm³/mol. The van der Waals surface area contributed by atoms with Crippen LogP contribution >= 0.6 is 0 Å². The van der Waals surface area contributed by atoms with Gasteiger partial charge in [-0.1, -0.05) is 19.3 Å². The van der Waals surface area contributed by atoms with Gasteiger partial charge in [0.25, 0.3) is 5.91 Å². The first-order valence-corrected chi connectivity index (χ1v) is 12.5. The molecule has 0 bridgehead atoms. The van der Waals surface area contributed by atoms with E-state index in [0.717, 1.165) is 76.8 Å². The van der Waals surface area contributed by atoms with Gasteiger partial charge in [0.15, 0.2) is 0 Å². The van der Waals surface area contributed by atoms with Gasteiger partial charge >= 0.3 is 0 Å². The zero-order valence-corrected chi connectivity index (χ0v) is 19.2. The zero-order chi connectivity index (χ0) is 22.5. The van der Waals surface area contributed by atoms with Crippen molar-refractivity contribution in [3.63, 3.8) is 0 Å². The van der Waals surface area contributed by atoms with Crippen LogP contribution in [0.4, 0.5) is 11.4 Å². The fourth-order valence-electron chi connectivity index (χ4n) is 5.50. The van der Waals surface area contributed by atoms with Crippen molar-refractivity contribution in [1.29, 1.82) is 0 Å². The fourth-order valence-corrected chi connectivity index (χ4v) is 5.50. The number of nitrogen functional groups attached to an aromatic ring is 1. The summed E-state index contributed by atoms with van der Waals surface area (Å²) in [5.41, 5.74) is 14.5. The normalized spacial score (nSPS) is 25.3. The van der Waals surface area contributed by atoms with E-state index in [1.165, 1.54) is 19.3 Å². The van der Waals surface area contributed by atoms with Crippen molar-refractivity contribution in [3.8, 4) is 0 Å². The maximum Gasteiger partial charge on any atom is 0.251 e. The first-order chi connectivity index (χ1) is 15.5. The van der Waals surface area contributed by atoms with E-state index in [2.05, 4.69) is 15.1 Å². The Balaban J connectivity index is 1.34. The van der Waals surface area contributed by atoms with E-state index in [-0.39, 0.29) is 23.9 Å². The summed E-state index contributed by atoms with van der Waals surface area (Å²) in [5.74, 6) is 0.497. The highest BCUT2D eigenvalue weighted by atomic mass is 16.2. The van der Waals surface area contributed by atoms with Crippen molar-refractivity contribution < 1.29 is 9.59 Å². The Labute approximate surface area is 191 Å². The van der Waals surface area contributed by atoms with E-state index < -0.39 is 0 Å². The number of amides is 2. The topological polar surface area (TPSA) is 105 Å². The Bertz CT molecular complexity index is 800. The number of hydrogen-bond acceptors (Lipinski definition) is 5. The molecule has 2 amide bonds. The summed E-state index contributed by atoms with van der Waals surface area (Å²) >= 11 is 0. The maximum atomic E-state index is 12.9. The standard InChI is InChI=1S/C25H39N5O2/c26-20-8-10-21(11-9-20)28-24(31)19-7-12-23(22(27)17-19)29-13-4-14-30(16-15-29)25(32)18-5-2-1-3-6-18/h7,12,17-18,20-21H,1-6,8-11,13-16,26-27H2,(H,28,31). The second-order valence-electron chi connectivity index (χ2n) is 9.86. The predicted octanol–water partition coefficient (Wildman–Crippen LogP) is 2.89. The average Bonchev–Trinajstić information content (AvgIpc) is 3.07. The molecule has 1 aromatic rings. The zero-order valence-electron chi connectivity index (χ0n) is 19.2. The Kier molecular flexibility index (Phi) is 7.55. The van der Waals surface area contributed by atoms with Crippen LogP contribution in [-0.4, -0.2) is 55.0 Å². The number of carbonyl (C=O) groups is 2. The number of hydrogen-bond donors (Lipinski definition) is 3. The van der Waals surface area contributed by atoms with E-state index in [1.807, 2.05) is 12.1 Å². The Morgan fingerprint density at radius 2 is 1.62 bits per heavy atom. The van der Waals surface area contributed by atoms with Crippen molar-refractivity contribution in [3.05, 3.63) is 23.8 Å². The van der Waals surface area contributed by atoms with Gasteiger partial charge in [0, 0.05) is 49.7 Å². The van der Waals surface area contributed by atoms with E-state index in [9.17, 15) is 9.59 Å². The highest BCUT2D eigenvalue weighted by Crippen LogP contribution is 2.28. The number of nitrogens with zero attached hydrogens (tertiary/aromatic N) is 2. The van der Waals surface area contributed by atoms with Crippen molar-refractivity contribution in [2.75, 3.05) is 36.8 Å². The molecule has 0 unspecified atom stereocenters. The van der Waals surface area contributed by atoms with E-state index >= 15 is 0 Å². The lowest BCUT2D eigenvalue weighted by molar-refractivity contribution is -0.136. The molecule has 3 aliphatic rings. The van der Waals surface area contributed by atoms with E-state index in [4.69, 9.17) is 11.5 Å². The van der Waals surface area contributed by atoms with Crippen molar-refractivity contribution in [2.24, 2.45) is 11.7 Å². The van der Waals surface area contributed by atoms with Crippen LogP contribution in [0.5, 0.6) is 0 Å². The molecule has 1 heterocycles. The van der Waals surface area contributed by atoms with E-state index in [1.54, 1.807) is 6.07 Å². The first-order valence-electron chi connectivity index (χ1n) is 12.5. The second kappa shape index (κ2) is 10.6. The van der Waals surface area contributed by atoms with Crippen LogP contribution in [0.25, 0.3) is 0 Å². The van der Waals surface area contributed by atoms with Gasteiger partial charge in [-0.15, -0.1) is 0 Å². The largest absolute Gasteiger partial charge is 0.397 e. The second-order valence-corrected chi connectivity index (χ2v) is 9.86. The molecule has 2 aliphatic carbocycles. The number of nitrogens with one attached hydrogen (secondary N) is 1. The van der Waals surface area contributed by atoms with Gasteiger partial charge in [0.2, 0.25) is 5.91 Å². The fraction of sp³-hybridized carbons (Fsp3) is 0.680. The van der Waals surface area contributed by atoms with Crippen LogP contribution in [-0.2, 0) is 4.79 Å². The lowest BCUT2D eigenvalue weighted by Gasteiger charge is -2.29. The van der Waals surface area contributed by atoms with Crippen molar-refractivity contribution in [1.82, 2.24) is 10.2 Å². The molecule has 2 saturated carbocycles. The summed E-state index contributed by atoms with van der Waals surface area (Å²) in [6.45, 7) is 3.20. The molecule has 32 heavy (non-hydrogen) atoms. The van der Waals surface area contributed by atoms with Gasteiger partial charge in [-0.3, -0.25) is 9.59 Å². The minimum absolute atomic E-state index is 0.0659. The minimum Gasteiger partial charge on any atom is -0.397 e. The number of nitrogens with two attached hydrogens (primary N) is 2. The molecule has 4 rings (SSSR count). The molecule has 0 spiro atoms. The molecule has 7 nitrogen and oxygen atoms in total. The SMILES string of the molecule is Nc1cc(C(=O)NC2CCC(N)CC2)ccc1N1CCCN(C(=O)C2CCCCC2)CC1. The lowest BCUT2D eigenvalue weighted by Crippen LogP contribution is -2.40. The average molecular weight is 442 g/mol. The molecule has 1 saturated heterocycles. The Hall–Kier alpha value is -2.28. The summed E-state index contributed by atoms with van der Waals surface area (Å²) in [4.78, 5) is 30.0. The van der Waals surface area contributed by atoms with Crippen LogP contribution in [0.15, 0.2) is 18.2 Å². The van der Waals surface area contributed by atoms with Crippen LogP contribution < -0.4 is 21.7 Å². The smallest absolute Gasteiger partial charge is 0.251 e. The summed E-state index contributed by atoms with van der Waals surface area (Å²) in [6, 6.07) is 6.07. The number of anilines is 2. The maximum absolute atomic E-state index is 12.9. The quantitative estimate of drug-likeness (QED) is 0.623. The van der Waals surface area contributed by atoms with Crippen LogP contribution in [0.1, 0.15) is 74.6 Å². The van der Waals surface area contributed by atoms with Gasteiger partial charge < -0.3 is 26.6 Å².